The molecule has 0 aliphatic carbocycles. The Kier molecular flexibility index (Phi) is 5.41. The minimum Gasteiger partial charge on any atom is -0.348 e. The van der Waals surface area contributed by atoms with E-state index in [-0.39, 0.29) is 5.91 Å². The molecule has 0 fully saturated rings. The summed E-state index contributed by atoms with van der Waals surface area (Å²) in [5.74, 6) is -0.737. The van der Waals surface area contributed by atoms with E-state index in [0.717, 1.165) is 16.7 Å². The largest absolute Gasteiger partial charge is 0.348 e. The van der Waals surface area contributed by atoms with Crippen LogP contribution < -0.4 is 10.8 Å². The van der Waals surface area contributed by atoms with E-state index in [2.05, 4.69) is 5.32 Å². The Labute approximate surface area is 151 Å². The lowest BCUT2D eigenvalue weighted by atomic mass is 9.99. The van der Waals surface area contributed by atoms with Crippen LogP contribution in [0.5, 0.6) is 0 Å². The SMILES string of the molecule is O=C(NO)c1ccc(CNC(=O)c2ccccc2-c2ccccc2)cc1. The predicted octanol–water partition coefficient (Wildman–Crippen LogP) is 3.40. The Morgan fingerprint density at radius 2 is 1.42 bits per heavy atom. The average Bonchev–Trinajstić information content (AvgIpc) is 2.72. The van der Waals surface area contributed by atoms with E-state index in [1.807, 2.05) is 48.5 Å². The van der Waals surface area contributed by atoms with Gasteiger partial charge in [-0.25, -0.2) is 5.48 Å². The monoisotopic (exact) mass is 346 g/mol. The van der Waals surface area contributed by atoms with Crippen LogP contribution in [0, 0.1) is 0 Å². The van der Waals surface area contributed by atoms with Crippen LogP contribution in [0.15, 0.2) is 78.9 Å². The van der Waals surface area contributed by atoms with Crippen molar-refractivity contribution < 1.29 is 14.8 Å². The van der Waals surface area contributed by atoms with Crippen LogP contribution in [-0.4, -0.2) is 17.0 Å². The Morgan fingerprint density at radius 3 is 2.12 bits per heavy atom. The molecule has 3 aromatic rings. The molecule has 3 N–H and O–H groups in total. The van der Waals surface area contributed by atoms with E-state index >= 15 is 0 Å². The molecule has 0 unspecified atom stereocenters. The molecule has 0 heterocycles. The van der Waals surface area contributed by atoms with Crippen LogP contribution in [0.2, 0.25) is 0 Å². The number of hydrogen-bond donors (Lipinski definition) is 3. The number of rotatable bonds is 5. The summed E-state index contributed by atoms with van der Waals surface area (Å²) in [6.07, 6.45) is 0. The second-order valence-corrected chi connectivity index (χ2v) is 5.73. The first kappa shape index (κ1) is 17.4. The van der Waals surface area contributed by atoms with Gasteiger partial charge in [-0.05, 0) is 34.9 Å². The van der Waals surface area contributed by atoms with E-state index in [9.17, 15) is 9.59 Å². The van der Waals surface area contributed by atoms with E-state index < -0.39 is 5.91 Å². The summed E-state index contributed by atoms with van der Waals surface area (Å²) in [5, 5.41) is 11.5. The molecule has 0 spiro atoms. The number of benzene rings is 3. The summed E-state index contributed by atoms with van der Waals surface area (Å²) < 4.78 is 0. The molecule has 3 aromatic carbocycles. The summed E-state index contributed by atoms with van der Waals surface area (Å²) in [5.41, 5.74) is 5.25. The van der Waals surface area contributed by atoms with Gasteiger partial charge in [0.2, 0.25) is 0 Å². The standard InChI is InChI=1S/C21H18N2O3/c24-20(23-26)17-12-10-15(11-13-17)14-22-21(25)19-9-5-4-8-18(19)16-6-2-1-3-7-16/h1-13,26H,14H2,(H,22,25)(H,23,24). The van der Waals surface area contributed by atoms with Gasteiger partial charge in [-0.15, -0.1) is 0 Å². The summed E-state index contributed by atoms with van der Waals surface area (Å²) >= 11 is 0. The Morgan fingerprint density at radius 1 is 0.769 bits per heavy atom. The van der Waals surface area contributed by atoms with Gasteiger partial charge in [0.15, 0.2) is 0 Å². The average molecular weight is 346 g/mol. The highest BCUT2D eigenvalue weighted by Gasteiger charge is 2.12. The van der Waals surface area contributed by atoms with E-state index in [1.54, 1.807) is 35.8 Å². The Bertz CT molecular complexity index is 906. The van der Waals surface area contributed by atoms with Gasteiger partial charge in [0, 0.05) is 17.7 Å². The molecule has 0 radical (unpaired) electrons. The summed E-state index contributed by atoms with van der Waals surface area (Å²) in [7, 11) is 0. The molecule has 0 bridgehead atoms. The minimum absolute atomic E-state index is 0.165. The van der Waals surface area contributed by atoms with E-state index in [1.165, 1.54) is 0 Å². The molecule has 26 heavy (non-hydrogen) atoms. The fourth-order valence-corrected chi connectivity index (χ4v) is 2.67. The fraction of sp³-hybridized carbons (Fsp3) is 0.0476. The van der Waals surface area contributed by atoms with Gasteiger partial charge in [0.1, 0.15) is 0 Å². The van der Waals surface area contributed by atoms with Crippen LogP contribution in [-0.2, 0) is 6.54 Å². The van der Waals surface area contributed by atoms with Crippen molar-refractivity contribution in [3.63, 3.8) is 0 Å². The highest BCUT2D eigenvalue weighted by molar-refractivity contribution is 6.00. The molecule has 0 atom stereocenters. The molecule has 130 valence electrons. The molecule has 0 saturated heterocycles. The molecule has 0 aliphatic rings. The maximum Gasteiger partial charge on any atom is 0.274 e. The lowest BCUT2D eigenvalue weighted by Crippen LogP contribution is -2.23. The van der Waals surface area contributed by atoms with Crippen molar-refractivity contribution in [2.45, 2.75) is 6.54 Å². The molecule has 5 nitrogen and oxygen atoms in total. The van der Waals surface area contributed by atoms with Gasteiger partial charge in [-0.1, -0.05) is 60.7 Å². The minimum atomic E-state index is -0.572. The normalized spacial score (nSPS) is 10.2. The zero-order valence-electron chi connectivity index (χ0n) is 14.0. The lowest BCUT2D eigenvalue weighted by Gasteiger charge is -2.11. The number of nitrogens with one attached hydrogen (secondary N) is 2. The number of hydrogen-bond acceptors (Lipinski definition) is 3. The van der Waals surface area contributed by atoms with Gasteiger partial charge in [0.05, 0.1) is 0 Å². The third-order valence-electron chi connectivity index (χ3n) is 4.03. The maximum absolute atomic E-state index is 12.6. The second-order valence-electron chi connectivity index (χ2n) is 5.73. The fourth-order valence-electron chi connectivity index (χ4n) is 2.67. The van der Waals surface area contributed by atoms with Crippen molar-refractivity contribution in [2.24, 2.45) is 0 Å². The zero-order valence-corrected chi connectivity index (χ0v) is 14.0. The summed E-state index contributed by atoms with van der Waals surface area (Å²) in [6, 6.07) is 23.9. The quantitative estimate of drug-likeness (QED) is 0.489. The molecule has 3 rings (SSSR count). The van der Waals surface area contributed by atoms with E-state index in [4.69, 9.17) is 5.21 Å². The van der Waals surface area contributed by atoms with Gasteiger partial charge in [-0.3, -0.25) is 14.8 Å². The Hall–Kier alpha value is -3.44. The summed E-state index contributed by atoms with van der Waals surface area (Å²) in [6.45, 7) is 0.336. The van der Waals surface area contributed by atoms with Crippen molar-refractivity contribution in [1.29, 1.82) is 0 Å². The molecule has 2 amide bonds. The van der Waals surface area contributed by atoms with Crippen molar-refractivity contribution in [2.75, 3.05) is 0 Å². The van der Waals surface area contributed by atoms with Crippen molar-refractivity contribution in [3.8, 4) is 11.1 Å². The lowest BCUT2D eigenvalue weighted by molar-refractivity contribution is 0.0706. The van der Waals surface area contributed by atoms with Crippen LogP contribution in [0.25, 0.3) is 11.1 Å². The zero-order chi connectivity index (χ0) is 18.4. The highest BCUT2D eigenvalue weighted by atomic mass is 16.5. The maximum atomic E-state index is 12.6. The molecule has 0 saturated carbocycles. The third kappa shape index (κ3) is 3.96. The van der Waals surface area contributed by atoms with Gasteiger partial charge in [0.25, 0.3) is 11.8 Å². The molecule has 0 aromatic heterocycles. The number of carbonyl (C=O) groups excluding carboxylic acids is 2. The van der Waals surface area contributed by atoms with Gasteiger partial charge in [-0.2, -0.15) is 0 Å². The van der Waals surface area contributed by atoms with Crippen LogP contribution >= 0.6 is 0 Å². The first-order chi connectivity index (χ1) is 12.7. The third-order valence-corrected chi connectivity index (χ3v) is 4.03. The topological polar surface area (TPSA) is 78.4 Å². The number of amides is 2. The molecule has 5 heteroatoms. The van der Waals surface area contributed by atoms with Crippen molar-refractivity contribution in [3.05, 3.63) is 95.6 Å². The smallest absolute Gasteiger partial charge is 0.274 e. The van der Waals surface area contributed by atoms with Crippen LogP contribution in [0.1, 0.15) is 26.3 Å². The molecular formula is C21H18N2O3. The first-order valence-electron chi connectivity index (χ1n) is 8.15. The second kappa shape index (κ2) is 8.09. The van der Waals surface area contributed by atoms with E-state index in [0.29, 0.717) is 17.7 Å². The van der Waals surface area contributed by atoms with Crippen LogP contribution in [0.3, 0.4) is 0 Å². The van der Waals surface area contributed by atoms with Crippen molar-refractivity contribution >= 4 is 11.8 Å². The number of carbonyl (C=O) groups is 2. The Balaban J connectivity index is 1.72. The highest BCUT2D eigenvalue weighted by Crippen LogP contribution is 2.23. The molecular weight excluding hydrogens is 328 g/mol. The predicted molar refractivity (Wildman–Crippen MR) is 98.7 cm³/mol. The number of hydroxylamine groups is 1. The molecule has 0 aliphatic heterocycles. The van der Waals surface area contributed by atoms with Crippen molar-refractivity contribution in [1.82, 2.24) is 10.8 Å². The van der Waals surface area contributed by atoms with Crippen LogP contribution in [0.4, 0.5) is 0 Å². The first-order valence-corrected chi connectivity index (χ1v) is 8.15. The van der Waals surface area contributed by atoms with Gasteiger partial charge >= 0.3 is 0 Å². The summed E-state index contributed by atoms with van der Waals surface area (Å²) in [4.78, 5) is 23.9. The van der Waals surface area contributed by atoms with Gasteiger partial charge < -0.3 is 5.32 Å².